The number of benzene rings is 1. The molecule has 1 N–H and O–H groups in total. The Hall–Kier alpha value is -1.60. The Bertz CT molecular complexity index is 513. The molecule has 0 unspecified atom stereocenters. The highest BCUT2D eigenvalue weighted by Gasteiger charge is 2.20. The van der Waals surface area contributed by atoms with Crippen molar-refractivity contribution in [2.45, 2.75) is 19.3 Å². The standard InChI is InChI=1S/C13H12BrNO2/c1-13(2,8-15)10-5-9(3-4-12(16)17)6-11(14)7-10/h3-7H,1-2H3,(H,16,17)/b4-3+. The molecule has 0 atom stereocenters. The lowest BCUT2D eigenvalue weighted by Crippen LogP contribution is -2.13. The predicted molar refractivity (Wildman–Crippen MR) is 69.5 cm³/mol. The monoisotopic (exact) mass is 293 g/mol. The SMILES string of the molecule is CC(C)(C#N)c1cc(Br)cc(/C=C/C(=O)O)c1. The van der Waals surface area contributed by atoms with E-state index in [1.165, 1.54) is 6.08 Å². The van der Waals surface area contributed by atoms with Gasteiger partial charge >= 0.3 is 5.97 Å². The number of carboxylic acid groups (broad SMARTS) is 1. The molecule has 1 aromatic rings. The largest absolute Gasteiger partial charge is 0.478 e. The van der Waals surface area contributed by atoms with Crippen molar-refractivity contribution in [3.8, 4) is 6.07 Å². The van der Waals surface area contributed by atoms with E-state index in [1.807, 2.05) is 26.0 Å². The van der Waals surface area contributed by atoms with Crippen molar-refractivity contribution in [1.29, 1.82) is 5.26 Å². The molecule has 0 amide bonds. The maximum absolute atomic E-state index is 10.4. The Morgan fingerprint density at radius 2 is 2.12 bits per heavy atom. The van der Waals surface area contributed by atoms with E-state index >= 15 is 0 Å². The minimum absolute atomic E-state index is 0.602. The van der Waals surface area contributed by atoms with Gasteiger partial charge in [0.1, 0.15) is 0 Å². The quantitative estimate of drug-likeness (QED) is 0.870. The van der Waals surface area contributed by atoms with Crippen LogP contribution in [0.1, 0.15) is 25.0 Å². The number of carbonyl (C=O) groups is 1. The molecule has 17 heavy (non-hydrogen) atoms. The zero-order chi connectivity index (χ0) is 13.1. The van der Waals surface area contributed by atoms with Gasteiger partial charge in [-0.05, 0) is 43.2 Å². The third-order valence-electron chi connectivity index (χ3n) is 2.34. The minimum Gasteiger partial charge on any atom is -0.478 e. The maximum atomic E-state index is 10.4. The highest BCUT2D eigenvalue weighted by molar-refractivity contribution is 9.10. The first-order chi connectivity index (χ1) is 7.85. The van der Waals surface area contributed by atoms with Crippen molar-refractivity contribution < 1.29 is 9.90 Å². The highest BCUT2D eigenvalue weighted by Crippen LogP contribution is 2.27. The van der Waals surface area contributed by atoms with Crippen molar-refractivity contribution >= 4 is 28.0 Å². The van der Waals surface area contributed by atoms with E-state index in [0.717, 1.165) is 21.7 Å². The second kappa shape index (κ2) is 5.15. The van der Waals surface area contributed by atoms with E-state index in [-0.39, 0.29) is 0 Å². The molecule has 0 radical (unpaired) electrons. The zero-order valence-electron chi connectivity index (χ0n) is 9.57. The molecule has 88 valence electrons. The van der Waals surface area contributed by atoms with Gasteiger partial charge in [-0.1, -0.05) is 22.0 Å². The molecular weight excluding hydrogens is 282 g/mol. The molecule has 0 aromatic heterocycles. The molecule has 0 heterocycles. The van der Waals surface area contributed by atoms with E-state index in [9.17, 15) is 4.79 Å². The molecule has 0 aliphatic rings. The summed E-state index contributed by atoms with van der Waals surface area (Å²) in [6, 6.07) is 7.69. The van der Waals surface area contributed by atoms with Crippen LogP contribution in [-0.2, 0) is 10.2 Å². The lowest BCUT2D eigenvalue weighted by molar-refractivity contribution is -0.131. The first kappa shape index (κ1) is 13.5. The molecule has 4 heteroatoms. The van der Waals surface area contributed by atoms with Crippen LogP contribution in [0.15, 0.2) is 28.7 Å². The Morgan fingerprint density at radius 1 is 1.47 bits per heavy atom. The summed E-state index contributed by atoms with van der Waals surface area (Å²) in [6.45, 7) is 3.64. The zero-order valence-corrected chi connectivity index (χ0v) is 11.2. The van der Waals surface area contributed by atoms with Crippen LogP contribution in [0.2, 0.25) is 0 Å². The number of nitriles is 1. The van der Waals surface area contributed by atoms with E-state index in [4.69, 9.17) is 10.4 Å². The van der Waals surface area contributed by atoms with Crippen LogP contribution in [0.3, 0.4) is 0 Å². The summed E-state index contributed by atoms with van der Waals surface area (Å²) < 4.78 is 0.823. The second-order valence-corrected chi connectivity index (χ2v) is 5.10. The van der Waals surface area contributed by atoms with E-state index < -0.39 is 11.4 Å². The highest BCUT2D eigenvalue weighted by atomic mass is 79.9. The normalized spacial score (nSPS) is 11.4. The molecule has 1 aromatic carbocycles. The van der Waals surface area contributed by atoms with Crippen LogP contribution in [0.5, 0.6) is 0 Å². The molecule has 0 spiro atoms. The number of nitrogens with zero attached hydrogens (tertiary/aromatic N) is 1. The van der Waals surface area contributed by atoms with Crippen molar-refractivity contribution in [2.24, 2.45) is 0 Å². The summed E-state index contributed by atoms with van der Waals surface area (Å²) in [5.74, 6) is -0.994. The summed E-state index contributed by atoms with van der Waals surface area (Å²) in [4.78, 5) is 10.4. The average molecular weight is 294 g/mol. The second-order valence-electron chi connectivity index (χ2n) is 4.18. The van der Waals surface area contributed by atoms with Crippen molar-refractivity contribution in [1.82, 2.24) is 0 Å². The van der Waals surface area contributed by atoms with Gasteiger partial charge in [-0.2, -0.15) is 5.26 Å². The van der Waals surface area contributed by atoms with Gasteiger partial charge in [-0.15, -0.1) is 0 Å². The minimum atomic E-state index is -0.994. The summed E-state index contributed by atoms with van der Waals surface area (Å²) in [5.41, 5.74) is 0.995. The summed E-state index contributed by atoms with van der Waals surface area (Å²) in [6.07, 6.45) is 2.58. The van der Waals surface area contributed by atoms with Crippen LogP contribution in [0, 0.1) is 11.3 Å². The van der Waals surface area contributed by atoms with Gasteiger partial charge in [-0.3, -0.25) is 0 Å². The molecule has 0 aliphatic carbocycles. The van der Waals surface area contributed by atoms with E-state index in [2.05, 4.69) is 22.0 Å². The summed E-state index contributed by atoms with van der Waals surface area (Å²) in [5, 5.41) is 17.6. The van der Waals surface area contributed by atoms with Gasteiger partial charge in [0.15, 0.2) is 0 Å². The molecule has 0 bridgehead atoms. The lowest BCUT2D eigenvalue weighted by Gasteiger charge is -2.16. The first-order valence-corrected chi connectivity index (χ1v) is 5.78. The Balaban J connectivity index is 3.21. The number of hydrogen-bond donors (Lipinski definition) is 1. The summed E-state index contributed by atoms with van der Waals surface area (Å²) >= 11 is 3.35. The smallest absolute Gasteiger partial charge is 0.328 e. The summed E-state index contributed by atoms with van der Waals surface area (Å²) in [7, 11) is 0. The fourth-order valence-electron chi connectivity index (χ4n) is 1.30. The Kier molecular flexibility index (Phi) is 4.08. The number of halogens is 1. The van der Waals surface area contributed by atoms with Crippen molar-refractivity contribution in [3.05, 3.63) is 39.9 Å². The van der Waals surface area contributed by atoms with E-state index in [0.29, 0.717) is 0 Å². The fourth-order valence-corrected chi connectivity index (χ4v) is 1.81. The Labute approximate surface area is 109 Å². The number of aliphatic carboxylic acids is 1. The van der Waals surface area contributed by atoms with Crippen LogP contribution in [-0.4, -0.2) is 11.1 Å². The van der Waals surface area contributed by atoms with Gasteiger partial charge in [0.25, 0.3) is 0 Å². The molecule has 3 nitrogen and oxygen atoms in total. The average Bonchev–Trinajstić information content (AvgIpc) is 2.25. The third kappa shape index (κ3) is 3.72. The van der Waals surface area contributed by atoms with Crippen LogP contribution in [0.25, 0.3) is 6.08 Å². The van der Waals surface area contributed by atoms with Crippen molar-refractivity contribution in [2.75, 3.05) is 0 Å². The van der Waals surface area contributed by atoms with Crippen LogP contribution >= 0.6 is 15.9 Å². The molecule has 0 fully saturated rings. The van der Waals surface area contributed by atoms with Gasteiger partial charge in [0, 0.05) is 10.5 Å². The van der Waals surface area contributed by atoms with Gasteiger partial charge in [0.2, 0.25) is 0 Å². The number of carboxylic acids is 1. The molecular formula is C13H12BrNO2. The number of hydrogen-bond acceptors (Lipinski definition) is 2. The molecule has 0 aliphatic heterocycles. The molecule has 0 saturated heterocycles. The first-order valence-electron chi connectivity index (χ1n) is 4.98. The van der Waals surface area contributed by atoms with Crippen LogP contribution in [0.4, 0.5) is 0 Å². The fraction of sp³-hybridized carbons (Fsp3) is 0.231. The number of rotatable bonds is 3. The third-order valence-corrected chi connectivity index (χ3v) is 2.80. The van der Waals surface area contributed by atoms with E-state index in [1.54, 1.807) is 6.07 Å². The maximum Gasteiger partial charge on any atom is 0.328 e. The lowest BCUT2D eigenvalue weighted by atomic mass is 9.85. The molecule has 1 rings (SSSR count). The molecule has 0 saturated carbocycles. The van der Waals surface area contributed by atoms with Crippen molar-refractivity contribution in [3.63, 3.8) is 0 Å². The van der Waals surface area contributed by atoms with Gasteiger partial charge < -0.3 is 5.11 Å². The van der Waals surface area contributed by atoms with Gasteiger partial charge in [0.05, 0.1) is 11.5 Å². The van der Waals surface area contributed by atoms with Crippen LogP contribution < -0.4 is 0 Å². The Morgan fingerprint density at radius 3 is 2.65 bits per heavy atom. The topological polar surface area (TPSA) is 61.1 Å². The van der Waals surface area contributed by atoms with Gasteiger partial charge in [-0.25, -0.2) is 4.79 Å². The predicted octanol–water partition coefficient (Wildman–Crippen LogP) is 3.35.